The van der Waals surface area contributed by atoms with Gasteiger partial charge in [0.1, 0.15) is 0 Å². The van der Waals surface area contributed by atoms with Crippen LogP contribution in [0.3, 0.4) is 0 Å². The first-order valence-corrected chi connectivity index (χ1v) is 5.73. The van der Waals surface area contributed by atoms with Crippen molar-refractivity contribution in [2.24, 2.45) is 5.92 Å². The number of benzene rings is 1. The van der Waals surface area contributed by atoms with Crippen molar-refractivity contribution in [3.8, 4) is 0 Å². The van der Waals surface area contributed by atoms with Crippen LogP contribution in [0.4, 0.5) is 11.4 Å². The van der Waals surface area contributed by atoms with Crippen LogP contribution in [0, 0.1) is 5.92 Å². The van der Waals surface area contributed by atoms with Gasteiger partial charge in [-0.3, -0.25) is 4.79 Å². The average molecular weight is 218 g/mol. The quantitative estimate of drug-likeness (QED) is 0.760. The van der Waals surface area contributed by atoms with Crippen molar-refractivity contribution in [3.05, 3.63) is 23.8 Å². The molecule has 0 fully saturated rings. The molecule has 1 heterocycles. The first kappa shape index (κ1) is 11.0. The van der Waals surface area contributed by atoms with Gasteiger partial charge in [0.2, 0.25) is 5.91 Å². The second-order valence-corrected chi connectivity index (χ2v) is 4.67. The topological polar surface area (TPSA) is 41.1 Å². The summed E-state index contributed by atoms with van der Waals surface area (Å²) in [7, 11) is 0. The van der Waals surface area contributed by atoms with Gasteiger partial charge in [0, 0.05) is 24.3 Å². The molecular formula is C13H18N2O. The van der Waals surface area contributed by atoms with Crippen LogP contribution >= 0.6 is 0 Å². The Morgan fingerprint density at radius 2 is 2.19 bits per heavy atom. The van der Waals surface area contributed by atoms with Crippen molar-refractivity contribution in [1.29, 1.82) is 0 Å². The number of hydrogen-bond donors (Lipinski definition) is 2. The van der Waals surface area contributed by atoms with E-state index < -0.39 is 0 Å². The number of fused-ring (bicyclic) bond motifs is 1. The summed E-state index contributed by atoms with van der Waals surface area (Å²) in [6.45, 7) is 5.97. The van der Waals surface area contributed by atoms with E-state index in [1.165, 1.54) is 12.5 Å². The summed E-state index contributed by atoms with van der Waals surface area (Å²) in [5.74, 6) is 0.622. The Balaban J connectivity index is 2.25. The Morgan fingerprint density at radius 1 is 1.44 bits per heavy atom. The molecule has 2 atom stereocenters. The van der Waals surface area contributed by atoms with Crippen LogP contribution in [-0.4, -0.2) is 11.9 Å². The van der Waals surface area contributed by atoms with Gasteiger partial charge in [-0.15, -0.1) is 0 Å². The molecule has 0 radical (unpaired) electrons. The molecule has 0 saturated carbocycles. The third kappa shape index (κ3) is 2.18. The van der Waals surface area contributed by atoms with E-state index in [1.54, 1.807) is 0 Å². The lowest BCUT2D eigenvalue weighted by molar-refractivity contribution is -0.114. The number of nitrogens with one attached hydrogen (secondary N) is 2. The summed E-state index contributed by atoms with van der Waals surface area (Å²) in [6.07, 6.45) is 1.10. The molecule has 1 aromatic rings. The molecule has 16 heavy (non-hydrogen) atoms. The number of carbonyl (C=O) groups excluding carboxylic acids is 1. The van der Waals surface area contributed by atoms with E-state index in [9.17, 15) is 4.79 Å². The minimum Gasteiger partial charge on any atom is -0.382 e. The Hall–Kier alpha value is -1.51. The van der Waals surface area contributed by atoms with Gasteiger partial charge in [0.25, 0.3) is 0 Å². The highest BCUT2D eigenvalue weighted by molar-refractivity contribution is 5.89. The van der Waals surface area contributed by atoms with E-state index in [-0.39, 0.29) is 5.91 Å². The predicted octanol–water partition coefficient (Wildman–Crippen LogP) is 2.64. The molecule has 3 nitrogen and oxygen atoms in total. The molecule has 0 aliphatic carbocycles. The number of carbonyl (C=O) groups is 1. The van der Waals surface area contributed by atoms with Gasteiger partial charge in [-0.1, -0.05) is 13.0 Å². The van der Waals surface area contributed by atoms with E-state index in [2.05, 4.69) is 30.5 Å². The molecule has 2 N–H and O–H groups in total. The summed E-state index contributed by atoms with van der Waals surface area (Å²) in [6, 6.07) is 6.56. The fraction of sp³-hybridized carbons (Fsp3) is 0.462. The standard InChI is InChI=1S/C13H18N2O/c1-8-6-11-4-5-12(15-10(3)16)7-13(11)14-9(8)2/h4-5,7-9,14H,6H2,1-3H3,(H,15,16). The molecule has 0 spiro atoms. The fourth-order valence-electron chi connectivity index (χ4n) is 2.08. The normalized spacial score (nSPS) is 23.2. The zero-order valence-corrected chi connectivity index (χ0v) is 10.0. The molecule has 0 aromatic heterocycles. The third-order valence-electron chi connectivity index (χ3n) is 3.21. The van der Waals surface area contributed by atoms with Crippen LogP contribution < -0.4 is 10.6 Å². The molecule has 1 aliphatic rings. The molecule has 1 aliphatic heterocycles. The molecule has 1 aromatic carbocycles. The zero-order valence-electron chi connectivity index (χ0n) is 10.0. The van der Waals surface area contributed by atoms with Gasteiger partial charge in [-0.2, -0.15) is 0 Å². The van der Waals surface area contributed by atoms with Crippen molar-refractivity contribution in [2.45, 2.75) is 33.2 Å². The highest BCUT2D eigenvalue weighted by Crippen LogP contribution is 2.30. The van der Waals surface area contributed by atoms with Gasteiger partial charge >= 0.3 is 0 Å². The van der Waals surface area contributed by atoms with Crippen molar-refractivity contribution in [1.82, 2.24) is 0 Å². The molecule has 0 bridgehead atoms. The Labute approximate surface area is 96.2 Å². The largest absolute Gasteiger partial charge is 0.382 e. The van der Waals surface area contributed by atoms with Gasteiger partial charge in [0.05, 0.1) is 0 Å². The lowest BCUT2D eigenvalue weighted by atomic mass is 9.89. The van der Waals surface area contributed by atoms with Crippen LogP contribution in [0.25, 0.3) is 0 Å². The lowest BCUT2D eigenvalue weighted by Gasteiger charge is -2.30. The average Bonchev–Trinajstić information content (AvgIpc) is 2.19. The second-order valence-electron chi connectivity index (χ2n) is 4.67. The predicted molar refractivity (Wildman–Crippen MR) is 66.7 cm³/mol. The molecule has 86 valence electrons. The number of hydrogen-bond acceptors (Lipinski definition) is 2. The summed E-state index contributed by atoms with van der Waals surface area (Å²) in [5, 5.41) is 6.27. The van der Waals surface area contributed by atoms with Crippen LogP contribution in [0.2, 0.25) is 0 Å². The maximum Gasteiger partial charge on any atom is 0.221 e. The Bertz CT molecular complexity index is 414. The van der Waals surface area contributed by atoms with Crippen molar-refractivity contribution in [3.63, 3.8) is 0 Å². The summed E-state index contributed by atoms with van der Waals surface area (Å²) < 4.78 is 0. The third-order valence-corrected chi connectivity index (χ3v) is 3.21. The Kier molecular flexibility index (Phi) is 2.86. The number of rotatable bonds is 1. The maximum atomic E-state index is 11.0. The monoisotopic (exact) mass is 218 g/mol. The minimum atomic E-state index is -0.0304. The number of anilines is 2. The lowest BCUT2D eigenvalue weighted by Crippen LogP contribution is -2.30. The van der Waals surface area contributed by atoms with Gasteiger partial charge in [0.15, 0.2) is 0 Å². The van der Waals surface area contributed by atoms with Gasteiger partial charge in [-0.25, -0.2) is 0 Å². The summed E-state index contributed by atoms with van der Waals surface area (Å²) >= 11 is 0. The minimum absolute atomic E-state index is 0.0304. The van der Waals surface area contributed by atoms with Crippen LogP contribution in [0.5, 0.6) is 0 Å². The number of amides is 1. The van der Waals surface area contributed by atoms with Crippen LogP contribution in [-0.2, 0) is 11.2 Å². The first-order valence-electron chi connectivity index (χ1n) is 5.73. The highest BCUT2D eigenvalue weighted by Gasteiger charge is 2.20. The van der Waals surface area contributed by atoms with Gasteiger partial charge < -0.3 is 10.6 Å². The zero-order chi connectivity index (χ0) is 11.7. The van der Waals surface area contributed by atoms with E-state index in [1.807, 2.05) is 12.1 Å². The first-order chi connectivity index (χ1) is 7.56. The van der Waals surface area contributed by atoms with Crippen LogP contribution in [0.1, 0.15) is 26.3 Å². The molecule has 2 rings (SSSR count). The van der Waals surface area contributed by atoms with Crippen molar-refractivity contribution in [2.75, 3.05) is 10.6 Å². The summed E-state index contributed by atoms with van der Waals surface area (Å²) in [4.78, 5) is 11.0. The van der Waals surface area contributed by atoms with E-state index in [4.69, 9.17) is 0 Å². The fourth-order valence-corrected chi connectivity index (χ4v) is 2.08. The van der Waals surface area contributed by atoms with E-state index in [0.29, 0.717) is 12.0 Å². The molecule has 1 amide bonds. The smallest absolute Gasteiger partial charge is 0.221 e. The SMILES string of the molecule is CC(=O)Nc1ccc2c(c1)NC(C)C(C)C2. The van der Waals surface area contributed by atoms with E-state index >= 15 is 0 Å². The maximum absolute atomic E-state index is 11.0. The molecule has 3 heteroatoms. The molecule has 2 unspecified atom stereocenters. The summed E-state index contributed by atoms with van der Waals surface area (Å²) in [5.41, 5.74) is 3.34. The van der Waals surface area contributed by atoms with Crippen molar-refractivity contribution < 1.29 is 4.79 Å². The van der Waals surface area contributed by atoms with Crippen molar-refractivity contribution >= 4 is 17.3 Å². The highest BCUT2D eigenvalue weighted by atomic mass is 16.1. The van der Waals surface area contributed by atoms with Crippen LogP contribution in [0.15, 0.2) is 18.2 Å². The second kappa shape index (κ2) is 4.16. The van der Waals surface area contributed by atoms with Gasteiger partial charge in [-0.05, 0) is 37.0 Å². The molecule has 0 saturated heterocycles. The molecular weight excluding hydrogens is 200 g/mol. The Morgan fingerprint density at radius 3 is 2.88 bits per heavy atom. The van der Waals surface area contributed by atoms with E-state index in [0.717, 1.165) is 17.8 Å².